The minimum Gasteiger partial charge on any atom is -0.494 e. The molecule has 0 saturated carbocycles. The van der Waals surface area contributed by atoms with Crippen LogP contribution < -0.4 is 4.74 Å². The van der Waals surface area contributed by atoms with Crippen LogP contribution in [0.4, 0.5) is 0 Å². The number of rotatable bonds is 5. The number of hydrogen-bond acceptors (Lipinski definition) is 5. The van der Waals surface area contributed by atoms with Gasteiger partial charge in [0.05, 0.1) is 30.9 Å². The number of aromatic nitrogens is 4. The zero-order chi connectivity index (χ0) is 19.2. The predicted octanol–water partition coefficient (Wildman–Crippen LogP) is 2.58. The summed E-state index contributed by atoms with van der Waals surface area (Å²) in [6.45, 7) is 1.96. The number of fused-ring (bicyclic) bond motifs is 2. The third kappa shape index (κ3) is 2.94. The summed E-state index contributed by atoms with van der Waals surface area (Å²) in [4.78, 5) is 7.84. The maximum atomic E-state index is 13.2. The van der Waals surface area contributed by atoms with Crippen LogP contribution in [0.2, 0.25) is 0 Å². The smallest absolute Gasteiger partial charge is 0.245 e. The predicted molar refractivity (Wildman–Crippen MR) is 102 cm³/mol. The number of aryl methyl sites for hydroxylation is 1. The monoisotopic (exact) mass is 385 g/mol. The van der Waals surface area contributed by atoms with Gasteiger partial charge in [-0.05, 0) is 36.8 Å². The second-order valence-corrected chi connectivity index (χ2v) is 8.41. The van der Waals surface area contributed by atoms with Gasteiger partial charge in [-0.15, -0.1) is 0 Å². The Morgan fingerprint density at radius 3 is 2.85 bits per heavy atom. The van der Waals surface area contributed by atoms with E-state index in [4.69, 9.17) is 4.74 Å². The summed E-state index contributed by atoms with van der Waals surface area (Å²) in [5.41, 5.74) is 2.82. The number of nitrogens with zero attached hydrogens (tertiary/aromatic N) is 3. The number of benzene rings is 2. The van der Waals surface area contributed by atoms with Gasteiger partial charge in [0.1, 0.15) is 22.0 Å². The van der Waals surface area contributed by atoms with Crippen molar-refractivity contribution in [1.29, 1.82) is 0 Å². The SMILES string of the molecule is COc1cccc2[nH]c(CN(C)S(=O)(=O)c3cc(C)cc4cn[nH]c34)nc12. The first-order chi connectivity index (χ1) is 12.9. The van der Waals surface area contributed by atoms with Crippen LogP contribution in [0.25, 0.3) is 21.9 Å². The van der Waals surface area contributed by atoms with Gasteiger partial charge in [0.2, 0.25) is 10.0 Å². The molecule has 0 spiro atoms. The fourth-order valence-corrected chi connectivity index (χ4v) is 4.52. The van der Waals surface area contributed by atoms with Gasteiger partial charge >= 0.3 is 0 Å². The summed E-state index contributed by atoms with van der Waals surface area (Å²) in [6, 6.07) is 9.08. The number of methoxy groups -OCH3 is 1. The van der Waals surface area contributed by atoms with Gasteiger partial charge < -0.3 is 9.72 Å². The molecule has 0 aliphatic heterocycles. The van der Waals surface area contributed by atoms with Crippen LogP contribution in [0, 0.1) is 6.92 Å². The molecule has 27 heavy (non-hydrogen) atoms. The molecule has 0 fully saturated rings. The molecule has 2 aromatic heterocycles. The molecule has 140 valence electrons. The Morgan fingerprint density at radius 1 is 1.26 bits per heavy atom. The van der Waals surface area contributed by atoms with E-state index >= 15 is 0 Å². The molecule has 4 aromatic rings. The van der Waals surface area contributed by atoms with Crippen molar-refractivity contribution in [2.24, 2.45) is 0 Å². The zero-order valence-electron chi connectivity index (χ0n) is 15.1. The van der Waals surface area contributed by atoms with Crippen LogP contribution in [-0.2, 0) is 16.6 Å². The molecular formula is C18H19N5O3S. The lowest BCUT2D eigenvalue weighted by molar-refractivity contribution is 0.418. The lowest BCUT2D eigenvalue weighted by atomic mass is 10.2. The first-order valence-corrected chi connectivity index (χ1v) is 9.76. The van der Waals surface area contributed by atoms with Gasteiger partial charge in [-0.2, -0.15) is 9.40 Å². The molecular weight excluding hydrogens is 366 g/mol. The molecule has 0 aliphatic rings. The van der Waals surface area contributed by atoms with E-state index in [9.17, 15) is 8.42 Å². The molecule has 0 atom stereocenters. The van der Waals surface area contributed by atoms with Crippen LogP contribution >= 0.6 is 0 Å². The summed E-state index contributed by atoms with van der Waals surface area (Å²) in [5.74, 6) is 1.17. The second-order valence-electron chi connectivity index (χ2n) is 6.40. The molecule has 0 unspecified atom stereocenters. The quantitative estimate of drug-likeness (QED) is 0.549. The Labute approximate surface area is 156 Å². The maximum Gasteiger partial charge on any atom is 0.245 e. The van der Waals surface area contributed by atoms with Gasteiger partial charge in [0.25, 0.3) is 0 Å². The number of ether oxygens (including phenoxy) is 1. The van der Waals surface area contributed by atoms with Crippen molar-refractivity contribution in [2.75, 3.05) is 14.2 Å². The van der Waals surface area contributed by atoms with E-state index in [0.29, 0.717) is 22.6 Å². The molecule has 2 heterocycles. The Balaban J connectivity index is 1.71. The average molecular weight is 385 g/mol. The standard InChI is InChI=1S/C18H19N5O3S/c1-11-7-12-9-19-22-17(12)15(8-11)27(24,25)23(2)10-16-20-13-5-4-6-14(26-3)18(13)21-16/h4-9H,10H2,1-3H3,(H,19,22)(H,20,21). The molecule has 0 bridgehead atoms. The minimum atomic E-state index is -3.74. The highest BCUT2D eigenvalue weighted by molar-refractivity contribution is 7.89. The van der Waals surface area contributed by atoms with Crippen molar-refractivity contribution in [1.82, 2.24) is 24.5 Å². The number of para-hydroxylation sites is 1. The molecule has 9 heteroatoms. The molecule has 0 saturated heterocycles. The molecule has 0 amide bonds. The van der Waals surface area contributed by atoms with Crippen molar-refractivity contribution >= 4 is 32.0 Å². The lowest BCUT2D eigenvalue weighted by Crippen LogP contribution is -2.27. The lowest BCUT2D eigenvalue weighted by Gasteiger charge is -2.17. The number of nitrogens with one attached hydrogen (secondary N) is 2. The van der Waals surface area contributed by atoms with Gasteiger partial charge in [-0.3, -0.25) is 5.10 Å². The summed E-state index contributed by atoms with van der Waals surface area (Å²) in [7, 11) is -0.630. The van der Waals surface area contributed by atoms with Crippen LogP contribution in [0.5, 0.6) is 5.75 Å². The summed E-state index contributed by atoms with van der Waals surface area (Å²) in [5, 5.41) is 7.51. The highest BCUT2D eigenvalue weighted by Crippen LogP contribution is 2.27. The van der Waals surface area contributed by atoms with Crippen molar-refractivity contribution in [2.45, 2.75) is 18.4 Å². The molecule has 2 N–H and O–H groups in total. The topological polar surface area (TPSA) is 104 Å². The third-order valence-electron chi connectivity index (χ3n) is 4.46. The van der Waals surface area contributed by atoms with E-state index < -0.39 is 10.0 Å². The first-order valence-electron chi connectivity index (χ1n) is 8.32. The fraction of sp³-hybridized carbons (Fsp3) is 0.222. The van der Waals surface area contributed by atoms with Crippen molar-refractivity contribution in [3.63, 3.8) is 0 Å². The first kappa shape index (κ1) is 17.5. The summed E-state index contributed by atoms with van der Waals surface area (Å²) in [6.07, 6.45) is 1.62. The number of H-pyrrole nitrogens is 2. The van der Waals surface area contributed by atoms with E-state index in [-0.39, 0.29) is 11.4 Å². The zero-order valence-corrected chi connectivity index (χ0v) is 16.0. The summed E-state index contributed by atoms with van der Waals surface area (Å²) < 4.78 is 32.9. The van der Waals surface area contributed by atoms with E-state index in [1.54, 1.807) is 19.4 Å². The Bertz CT molecular complexity index is 1240. The third-order valence-corrected chi connectivity index (χ3v) is 6.29. The number of aromatic amines is 2. The highest BCUT2D eigenvalue weighted by atomic mass is 32.2. The number of sulfonamides is 1. The van der Waals surface area contributed by atoms with Gasteiger partial charge in [-0.25, -0.2) is 13.4 Å². The second kappa shape index (κ2) is 6.36. The van der Waals surface area contributed by atoms with E-state index in [1.807, 2.05) is 31.2 Å². The van der Waals surface area contributed by atoms with Gasteiger partial charge in [0.15, 0.2) is 0 Å². The molecule has 4 rings (SSSR count). The van der Waals surface area contributed by atoms with Crippen LogP contribution in [0.1, 0.15) is 11.4 Å². The maximum absolute atomic E-state index is 13.2. The molecule has 0 radical (unpaired) electrons. The highest BCUT2D eigenvalue weighted by Gasteiger charge is 2.25. The van der Waals surface area contributed by atoms with Crippen molar-refractivity contribution in [3.8, 4) is 5.75 Å². The molecule has 0 aliphatic carbocycles. The molecule has 2 aromatic carbocycles. The largest absolute Gasteiger partial charge is 0.494 e. The van der Waals surface area contributed by atoms with Crippen molar-refractivity contribution < 1.29 is 13.2 Å². The van der Waals surface area contributed by atoms with Crippen molar-refractivity contribution in [3.05, 3.63) is 47.9 Å². The van der Waals surface area contributed by atoms with Gasteiger partial charge in [0, 0.05) is 12.4 Å². The Kier molecular flexibility index (Phi) is 4.12. The van der Waals surface area contributed by atoms with E-state index in [1.165, 1.54) is 11.4 Å². The average Bonchev–Trinajstić information content (AvgIpc) is 3.26. The van der Waals surface area contributed by atoms with E-state index in [0.717, 1.165) is 16.5 Å². The fourth-order valence-electron chi connectivity index (χ4n) is 3.13. The molecule has 8 nitrogen and oxygen atoms in total. The van der Waals surface area contributed by atoms with Crippen LogP contribution in [0.3, 0.4) is 0 Å². The normalized spacial score (nSPS) is 12.3. The Morgan fingerprint density at radius 2 is 2.07 bits per heavy atom. The number of hydrogen-bond donors (Lipinski definition) is 2. The summed E-state index contributed by atoms with van der Waals surface area (Å²) >= 11 is 0. The number of imidazole rings is 1. The van der Waals surface area contributed by atoms with Crippen LogP contribution in [-0.4, -0.2) is 47.0 Å². The minimum absolute atomic E-state index is 0.101. The van der Waals surface area contributed by atoms with E-state index in [2.05, 4.69) is 20.2 Å². The van der Waals surface area contributed by atoms with Crippen LogP contribution in [0.15, 0.2) is 41.4 Å². The Hall–Kier alpha value is -2.91. The van der Waals surface area contributed by atoms with Gasteiger partial charge in [-0.1, -0.05) is 6.07 Å².